The summed E-state index contributed by atoms with van der Waals surface area (Å²) in [7, 11) is 0. The summed E-state index contributed by atoms with van der Waals surface area (Å²) < 4.78 is 4.86. The first-order valence-corrected chi connectivity index (χ1v) is 9.45. The second-order valence-electron chi connectivity index (χ2n) is 6.04. The lowest BCUT2D eigenvalue weighted by Crippen LogP contribution is -2.21. The Hall–Kier alpha value is -3.17. The number of nitro groups is 1. The molecule has 0 spiro atoms. The second-order valence-corrected chi connectivity index (χ2v) is 6.88. The molecule has 0 atom stereocenters. The number of amides is 2. The molecule has 9 nitrogen and oxygen atoms in total. The van der Waals surface area contributed by atoms with E-state index in [1.165, 1.54) is 36.4 Å². The van der Waals surface area contributed by atoms with Crippen LogP contribution in [0.5, 0.6) is 0 Å². The first-order chi connectivity index (χ1) is 14.2. The third kappa shape index (κ3) is 7.69. The lowest BCUT2D eigenvalue weighted by atomic mass is 10.2. The fourth-order valence-electron chi connectivity index (χ4n) is 2.28. The van der Waals surface area contributed by atoms with Gasteiger partial charge in [0.25, 0.3) is 11.6 Å². The van der Waals surface area contributed by atoms with Crippen molar-refractivity contribution in [2.75, 3.05) is 17.2 Å². The van der Waals surface area contributed by atoms with Crippen LogP contribution >= 0.6 is 23.2 Å². The maximum absolute atomic E-state index is 11.9. The highest BCUT2D eigenvalue weighted by Crippen LogP contribution is 2.25. The van der Waals surface area contributed by atoms with Crippen LogP contribution in [-0.2, 0) is 19.1 Å². The van der Waals surface area contributed by atoms with Gasteiger partial charge in [0.15, 0.2) is 6.61 Å². The van der Waals surface area contributed by atoms with Crippen LogP contribution < -0.4 is 10.6 Å². The molecule has 30 heavy (non-hydrogen) atoms. The van der Waals surface area contributed by atoms with Crippen LogP contribution in [0.3, 0.4) is 0 Å². The number of ether oxygens (including phenoxy) is 1. The normalized spacial score (nSPS) is 10.2. The number of rotatable bonds is 9. The van der Waals surface area contributed by atoms with Crippen LogP contribution in [0, 0.1) is 10.1 Å². The molecule has 0 aliphatic carbocycles. The van der Waals surface area contributed by atoms with E-state index in [9.17, 15) is 24.5 Å². The molecule has 2 aromatic carbocycles. The van der Waals surface area contributed by atoms with E-state index in [-0.39, 0.29) is 35.9 Å². The van der Waals surface area contributed by atoms with E-state index >= 15 is 0 Å². The molecule has 0 aliphatic heterocycles. The minimum absolute atomic E-state index is 0.0381. The van der Waals surface area contributed by atoms with Crippen molar-refractivity contribution in [3.8, 4) is 0 Å². The van der Waals surface area contributed by atoms with Gasteiger partial charge in [-0.25, -0.2) is 0 Å². The van der Waals surface area contributed by atoms with Gasteiger partial charge in [-0.1, -0.05) is 23.2 Å². The molecule has 0 saturated carbocycles. The molecule has 0 saturated heterocycles. The molecule has 0 radical (unpaired) electrons. The number of nitro benzene ring substituents is 1. The van der Waals surface area contributed by atoms with Crippen LogP contribution in [0.4, 0.5) is 17.1 Å². The molecule has 0 fully saturated rings. The summed E-state index contributed by atoms with van der Waals surface area (Å²) in [5.74, 6) is -1.57. The molecule has 0 aromatic heterocycles. The van der Waals surface area contributed by atoms with Gasteiger partial charge in [-0.3, -0.25) is 24.5 Å². The summed E-state index contributed by atoms with van der Waals surface area (Å²) in [6.07, 6.45) is 0.189. The van der Waals surface area contributed by atoms with Gasteiger partial charge in [0, 0.05) is 35.7 Å². The van der Waals surface area contributed by atoms with Crippen molar-refractivity contribution in [3.05, 3.63) is 62.6 Å². The summed E-state index contributed by atoms with van der Waals surface area (Å²) in [5.41, 5.74) is 0.620. The molecule has 2 aromatic rings. The monoisotopic (exact) mass is 453 g/mol. The third-order valence-electron chi connectivity index (χ3n) is 3.71. The lowest BCUT2D eigenvalue weighted by molar-refractivity contribution is -0.384. The largest absolute Gasteiger partial charge is 0.456 e. The molecular weight excluding hydrogens is 437 g/mol. The number of non-ortho nitro benzene ring substituents is 1. The standard InChI is InChI=1S/C19H17Cl2N3O6/c20-12-4-9-15(21)16(10-12)23-18(26)11-30-19(27)3-1-2-17(25)22-13-5-7-14(8-6-13)24(28)29/h4-10H,1-3,11H2,(H,22,25)(H,23,26). The van der Waals surface area contributed by atoms with E-state index in [1.807, 2.05) is 0 Å². The number of carbonyl (C=O) groups is 3. The molecule has 0 aliphatic rings. The highest BCUT2D eigenvalue weighted by atomic mass is 35.5. The Morgan fingerprint density at radius 2 is 1.67 bits per heavy atom. The average Bonchev–Trinajstić information content (AvgIpc) is 2.69. The maximum atomic E-state index is 11.9. The zero-order chi connectivity index (χ0) is 22.1. The number of benzene rings is 2. The molecule has 2 N–H and O–H groups in total. The smallest absolute Gasteiger partial charge is 0.306 e. The van der Waals surface area contributed by atoms with Gasteiger partial charge in [-0.15, -0.1) is 0 Å². The van der Waals surface area contributed by atoms with Crippen LogP contribution in [-0.4, -0.2) is 29.3 Å². The number of halogens is 2. The second kappa shape index (κ2) is 11.1. The number of anilines is 2. The Morgan fingerprint density at radius 1 is 0.967 bits per heavy atom. The third-order valence-corrected chi connectivity index (χ3v) is 4.28. The highest BCUT2D eigenvalue weighted by molar-refractivity contribution is 6.35. The Labute approximate surface area is 181 Å². The zero-order valence-electron chi connectivity index (χ0n) is 15.5. The topological polar surface area (TPSA) is 128 Å². The van der Waals surface area contributed by atoms with E-state index in [2.05, 4.69) is 10.6 Å². The van der Waals surface area contributed by atoms with Crippen molar-refractivity contribution in [2.45, 2.75) is 19.3 Å². The molecule has 0 heterocycles. The molecule has 2 amide bonds. The molecule has 0 bridgehead atoms. The van der Waals surface area contributed by atoms with Crippen molar-refractivity contribution < 1.29 is 24.0 Å². The first-order valence-electron chi connectivity index (χ1n) is 8.69. The van der Waals surface area contributed by atoms with Crippen LogP contribution in [0.1, 0.15) is 19.3 Å². The van der Waals surface area contributed by atoms with Gasteiger partial charge in [0.05, 0.1) is 15.6 Å². The van der Waals surface area contributed by atoms with Gasteiger partial charge in [-0.05, 0) is 36.8 Å². The summed E-state index contributed by atoms with van der Waals surface area (Å²) >= 11 is 11.8. The lowest BCUT2D eigenvalue weighted by Gasteiger charge is -2.08. The zero-order valence-corrected chi connectivity index (χ0v) is 17.0. The van der Waals surface area contributed by atoms with Crippen molar-refractivity contribution in [1.82, 2.24) is 0 Å². The predicted molar refractivity (Wildman–Crippen MR) is 112 cm³/mol. The van der Waals surface area contributed by atoms with Crippen molar-refractivity contribution in [2.24, 2.45) is 0 Å². The minimum atomic E-state index is -0.634. The fraction of sp³-hybridized carbons (Fsp3) is 0.211. The van der Waals surface area contributed by atoms with Gasteiger partial charge >= 0.3 is 5.97 Å². The van der Waals surface area contributed by atoms with E-state index in [0.717, 1.165) is 0 Å². The van der Waals surface area contributed by atoms with E-state index in [1.54, 1.807) is 6.07 Å². The van der Waals surface area contributed by atoms with Gasteiger partial charge in [0.2, 0.25) is 5.91 Å². The highest BCUT2D eigenvalue weighted by Gasteiger charge is 2.12. The van der Waals surface area contributed by atoms with Crippen LogP contribution in [0.15, 0.2) is 42.5 Å². The quantitative estimate of drug-likeness (QED) is 0.332. The van der Waals surface area contributed by atoms with E-state index < -0.39 is 23.4 Å². The summed E-state index contributed by atoms with van der Waals surface area (Å²) in [6, 6.07) is 9.92. The van der Waals surface area contributed by atoms with Crippen molar-refractivity contribution in [1.29, 1.82) is 0 Å². The average molecular weight is 454 g/mol. The Bertz CT molecular complexity index is 950. The summed E-state index contributed by atoms with van der Waals surface area (Å²) in [4.78, 5) is 45.5. The number of hydrogen-bond donors (Lipinski definition) is 2. The maximum Gasteiger partial charge on any atom is 0.306 e. The summed E-state index contributed by atoms with van der Waals surface area (Å²) in [5, 5.41) is 16.3. The molecule has 2 rings (SSSR count). The molecule has 0 unspecified atom stereocenters. The number of nitrogens with zero attached hydrogens (tertiary/aromatic N) is 1. The SMILES string of the molecule is O=C(CCCC(=O)OCC(=O)Nc1cc(Cl)ccc1Cl)Nc1ccc([N+](=O)[O-])cc1. The fourth-order valence-corrected chi connectivity index (χ4v) is 2.62. The van der Waals surface area contributed by atoms with Gasteiger partial charge in [-0.2, -0.15) is 0 Å². The minimum Gasteiger partial charge on any atom is -0.456 e. The molecule has 11 heteroatoms. The van der Waals surface area contributed by atoms with Crippen molar-refractivity contribution >= 4 is 58.0 Å². The first kappa shape index (κ1) is 23.1. The van der Waals surface area contributed by atoms with E-state index in [0.29, 0.717) is 16.4 Å². The van der Waals surface area contributed by atoms with Gasteiger partial charge in [0.1, 0.15) is 0 Å². The van der Waals surface area contributed by atoms with Crippen molar-refractivity contribution in [3.63, 3.8) is 0 Å². The number of carbonyl (C=O) groups excluding carboxylic acids is 3. The Balaban J connectivity index is 1.66. The van der Waals surface area contributed by atoms with Gasteiger partial charge < -0.3 is 15.4 Å². The predicted octanol–water partition coefficient (Wildman–Crippen LogP) is 4.19. The van der Waals surface area contributed by atoms with Crippen LogP contribution in [0.2, 0.25) is 10.0 Å². The van der Waals surface area contributed by atoms with E-state index in [4.69, 9.17) is 27.9 Å². The molecular formula is C19H17Cl2N3O6. The number of esters is 1. The molecule has 158 valence electrons. The summed E-state index contributed by atoms with van der Waals surface area (Å²) in [6.45, 7) is -0.503. The van der Waals surface area contributed by atoms with Crippen LogP contribution in [0.25, 0.3) is 0 Å². The number of hydrogen-bond acceptors (Lipinski definition) is 6. The Kier molecular flexibility index (Phi) is 8.57. The number of nitrogens with one attached hydrogen (secondary N) is 2. The Morgan fingerprint density at radius 3 is 2.33 bits per heavy atom.